The molecule has 0 heterocycles. The molecule has 195 valence electrons. The molecule has 0 aromatic carbocycles. The summed E-state index contributed by atoms with van der Waals surface area (Å²) in [6.45, 7) is 0. The first-order chi connectivity index (χ1) is 17.9. The third-order valence-corrected chi connectivity index (χ3v) is 10.4. The summed E-state index contributed by atoms with van der Waals surface area (Å²) >= 11 is 0. The Morgan fingerprint density at radius 2 is 0.500 bits per heavy atom. The van der Waals surface area contributed by atoms with Crippen molar-refractivity contribution in [2.24, 2.45) is 0 Å². The first kappa shape index (κ1) is 25.0. The van der Waals surface area contributed by atoms with Gasteiger partial charge in [-0.1, -0.05) is 60.0 Å². The van der Waals surface area contributed by atoms with Gasteiger partial charge in [0.05, 0.1) is 0 Å². The van der Waals surface area contributed by atoms with Gasteiger partial charge in [-0.3, -0.25) is 0 Å². The maximum Gasteiger partial charge on any atom is 0.0210 e. The van der Waals surface area contributed by atoms with Gasteiger partial charge in [-0.15, -0.1) is 0 Å². The Morgan fingerprint density at radius 1 is 0.250 bits per heavy atom. The topological polar surface area (TPSA) is 0 Å². The van der Waals surface area contributed by atoms with E-state index in [2.05, 4.69) is 6.42 Å². The van der Waals surface area contributed by atoms with Crippen molar-refractivity contribution in [3.8, 4) is 0 Å². The lowest BCUT2D eigenvalue weighted by Gasteiger charge is -2.39. The second-order valence-corrected chi connectivity index (χ2v) is 12.9. The number of rotatable bonds is 0. The van der Waals surface area contributed by atoms with Crippen molar-refractivity contribution in [1.82, 2.24) is 0 Å². The van der Waals surface area contributed by atoms with Gasteiger partial charge in [-0.05, 0) is 156 Å². The molecule has 6 aliphatic rings. The van der Waals surface area contributed by atoms with E-state index in [9.17, 15) is 0 Å². The predicted octanol–water partition coefficient (Wildman–Crippen LogP) is 11.5. The largest absolute Gasteiger partial charge is 0.0657 e. The zero-order chi connectivity index (χ0) is 24.2. The minimum Gasteiger partial charge on any atom is -0.0657 e. The van der Waals surface area contributed by atoms with Gasteiger partial charge >= 0.3 is 0 Å². The molecule has 0 unspecified atom stereocenters. The van der Waals surface area contributed by atoms with Gasteiger partial charge in [0, 0.05) is 6.42 Å². The Bertz CT molecular complexity index is 879. The molecule has 6 fully saturated rings. The number of hydrogen-bond donors (Lipinski definition) is 0. The molecule has 0 aliphatic heterocycles. The molecule has 0 aromatic rings. The fourth-order valence-corrected chi connectivity index (χ4v) is 8.51. The van der Waals surface area contributed by atoms with Crippen LogP contribution in [0.15, 0.2) is 55.7 Å². The highest BCUT2D eigenvalue weighted by atomic mass is 14.4. The van der Waals surface area contributed by atoms with Crippen LogP contribution in [0.3, 0.4) is 0 Å². The Labute approximate surface area is 222 Å². The van der Waals surface area contributed by atoms with E-state index < -0.39 is 0 Å². The first-order valence-corrected chi connectivity index (χ1v) is 16.4. The van der Waals surface area contributed by atoms with Gasteiger partial charge in [0.25, 0.3) is 0 Å². The monoisotopic (exact) mass is 483 g/mol. The zero-order valence-corrected chi connectivity index (χ0v) is 23.3. The molecule has 0 nitrogen and oxygen atoms in total. The van der Waals surface area contributed by atoms with Gasteiger partial charge in [0.15, 0.2) is 0 Å². The molecule has 0 bridgehead atoms. The molecule has 1 radical (unpaired) electrons. The molecule has 0 aromatic heterocycles. The van der Waals surface area contributed by atoms with Crippen LogP contribution in [-0.2, 0) is 0 Å². The lowest BCUT2D eigenvalue weighted by molar-refractivity contribution is 0.573. The standard InChI is InChI=1S/C36H51/c1-6-16-27(17-7-1)32-26-33(28-18-8-2-9-19-28)35(30-22-12-4-13-23-30)36(31-24-14-5-15-25-31)34(32)29-20-10-3-11-21-29/h26H,1-25H2. The minimum atomic E-state index is 1.36. The maximum absolute atomic E-state index is 2.84. The molecule has 6 saturated carbocycles. The Hall–Kier alpha value is -1.30. The molecule has 0 N–H and O–H groups in total. The summed E-state index contributed by atoms with van der Waals surface area (Å²) < 4.78 is 0. The van der Waals surface area contributed by atoms with E-state index >= 15 is 0 Å². The molecule has 0 heteroatoms. The van der Waals surface area contributed by atoms with Crippen LogP contribution in [0.4, 0.5) is 0 Å². The fraction of sp³-hybridized carbons (Fsp3) is 0.694. The number of hydrogen-bond acceptors (Lipinski definition) is 0. The fourth-order valence-electron chi connectivity index (χ4n) is 8.51. The van der Waals surface area contributed by atoms with Crippen LogP contribution in [0.2, 0.25) is 0 Å². The predicted molar refractivity (Wildman–Crippen MR) is 155 cm³/mol. The van der Waals surface area contributed by atoms with Crippen molar-refractivity contribution in [3.05, 3.63) is 62.2 Å². The Balaban J connectivity index is 1.62. The van der Waals surface area contributed by atoms with Crippen molar-refractivity contribution in [1.29, 1.82) is 0 Å². The molecule has 0 saturated heterocycles. The molecule has 0 amide bonds. The third kappa shape index (κ3) is 5.31. The maximum atomic E-state index is 2.84. The van der Waals surface area contributed by atoms with Crippen molar-refractivity contribution < 1.29 is 0 Å². The van der Waals surface area contributed by atoms with Crippen LogP contribution < -0.4 is 0 Å². The van der Waals surface area contributed by atoms with Crippen molar-refractivity contribution >= 4 is 0 Å². The normalized spacial score (nSPS) is 27.3. The highest BCUT2D eigenvalue weighted by Gasteiger charge is 2.36. The third-order valence-electron chi connectivity index (χ3n) is 10.4. The molecule has 6 aliphatic carbocycles. The summed E-state index contributed by atoms with van der Waals surface area (Å²) in [5.41, 5.74) is 18.3. The summed E-state index contributed by atoms with van der Waals surface area (Å²) in [5.74, 6) is 0. The van der Waals surface area contributed by atoms with Crippen molar-refractivity contribution in [2.75, 3.05) is 0 Å². The second-order valence-electron chi connectivity index (χ2n) is 12.9. The highest BCUT2D eigenvalue weighted by molar-refractivity contribution is 5.77. The SMILES string of the molecule is [CH]1C(=C2CCCCC2)C(=C2CCCCC2)C(=C2CCCCC2)C(=C2CCCCC2)C1=C1CCCCC1. The van der Waals surface area contributed by atoms with E-state index in [1.807, 2.05) is 44.6 Å². The molecular formula is C36H51. The lowest BCUT2D eigenvalue weighted by atomic mass is 9.65. The quantitative estimate of drug-likeness (QED) is 0.321. The Kier molecular flexibility index (Phi) is 8.36. The van der Waals surface area contributed by atoms with E-state index in [1.54, 1.807) is 11.1 Å². The van der Waals surface area contributed by atoms with E-state index in [4.69, 9.17) is 0 Å². The van der Waals surface area contributed by atoms with E-state index in [1.165, 1.54) is 161 Å². The van der Waals surface area contributed by atoms with Gasteiger partial charge < -0.3 is 0 Å². The molecule has 0 spiro atoms. The van der Waals surface area contributed by atoms with Crippen LogP contribution in [-0.4, -0.2) is 0 Å². The van der Waals surface area contributed by atoms with Gasteiger partial charge in [-0.2, -0.15) is 0 Å². The lowest BCUT2D eigenvalue weighted by Crippen LogP contribution is -2.21. The highest BCUT2D eigenvalue weighted by Crippen LogP contribution is 2.53. The summed E-state index contributed by atoms with van der Waals surface area (Å²) in [4.78, 5) is 0. The van der Waals surface area contributed by atoms with Gasteiger partial charge in [0.1, 0.15) is 0 Å². The van der Waals surface area contributed by atoms with Crippen LogP contribution >= 0.6 is 0 Å². The van der Waals surface area contributed by atoms with Crippen LogP contribution in [0.5, 0.6) is 0 Å². The van der Waals surface area contributed by atoms with E-state index in [-0.39, 0.29) is 0 Å². The molecule has 36 heavy (non-hydrogen) atoms. The van der Waals surface area contributed by atoms with Crippen molar-refractivity contribution in [2.45, 2.75) is 161 Å². The van der Waals surface area contributed by atoms with Crippen LogP contribution in [0.1, 0.15) is 161 Å². The first-order valence-electron chi connectivity index (χ1n) is 16.4. The van der Waals surface area contributed by atoms with Gasteiger partial charge in [-0.25, -0.2) is 0 Å². The summed E-state index contributed by atoms with van der Waals surface area (Å²) in [7, 11) is 0. The zero-order valence-electron chi connectivity index (χ0n) is 23.3. The summed E-state index contributed by atoms with van der Waals surface area (Å²) in [6.07, 6.45) is 37.9. The summed E-state index contributed by atoms with van der Waals surface area (Å²) in [6, 6.07) is 0. The van der Waals surface area contributed by atoms with Crippen LogP contribution in [0.25, 0.3) is 0 Å². The minimum absolute atomic E-state index is 1.36. The molecular weight excluding hydrogens is 432 g/mol. The molecule has 0 atom stereocenters. The van der Waals surface area contributed by atoms with E-state index in [0.717, 1.165) is 0 Å². The number of allylic oxidation sites excluding steroid dienone is 10. The smallest absolute Gasteiger partial charge is 0.0210 e. The van der Waals surface area contributed by atoms with Gasteiger partial charge in [0.2, 0.25) is 0 Å². The average molecular weight is 484 g/mol. The van der Waals surface area contributed by atoms with Crippen molar-refractivity contribution in [3.63, 3.8) is 0 Å². The summed E-state index contributed by atoms with van der Waals surface area (Å²) in [5, 5.41) is 0. The van der Waals surface area contributed by atoms with Crippen LogP contribution in [0, 0.1) is 6.42 Å². The average Bonchev–Trinajstić information content (AvgIpc) is 2.98. The Morgan fingerprint density at radius 3 is 0.806 bits per heavy atom. The molecule has 6 rings (SSSR count). The second kappa shape index (κ2) is 12.0. The van der Waals surface area contributed by atoms with E-state index in [0.29, 0.717) is 0 Å².